The zero-order valence-electron chi connectivity index (χ0n) is 24.4. The molecule has 0 aliphatic carbocycles. The highest BCUT2D eigenvalue weighted by molar-refractivity contribution is 7.99. The lowest BCUT2D eigenvalue weighted by Crippen LogP contribution is -2.36. The maximum absolute atomic E-state index is 12.6. The lowest BCUT2D eigenvalue weighted by molar-refractivity contribution is -0.129. The molecule has 0 bridgehead atoms. The van der Waals surface area contributed by atoms with Crippen LogP contribution in [0.5, 0.6) is 11.5 Å². The van der Waals surface area contributed by atoms with Crippen LogP contribution in [-0.2, 0) is 4.79 Å². The van der Waals surface area contributed by atoms with Crippen LogP contribution >= 0.6 is 23.1 Å². The number of hydrogen-bond acceptors (Lipinski definition) is 10. The van der Waals surface area contributed by atoms with Crippen molar-refractivity contribution < 1.29 is 14.3 Å². The Morgan fingerprint density at radius 3 is 2.63 bits per heavy atom. The van der Waals surface area contributed by atoms with E-state index in [1.165, 1.54) is 23.1 Å². The number of aromatic nitrogens is 3. The van der Waals surface area contributed by atoms with E-state index in [1.54, 1.807) is 25.4 Å². The van der Waals surface area contributed by atoms with E-state index in [1.807, 2.05) is 66.4 Å². The summed E-state index contributed by atoms with van der Waals surface area (Å²) in [6.07, 6.45) is 5.22. The molecule has 2 amide bonds. The Hall–Kier alpha value is -4.00. The molecule has 2 N–H and O–H groups in total. The van der Waals surface area contributed by atoms with Crippen molar-refractivity contribution in [1.82, 2.24) is 30.1 Å². The highest BCUT2D eigenvalue weighted by atomic mass is 32.2. The lowest BCUT2D eigenvalue weighted by Gasteiger charge is -2.30. The van der Waals surface area contributed by atoms with Crippen molar-refractivity contribution in [1.29, 1.82) is 0 Å². The van der Waals surface area contributed by atoms with Gasteiger partial charge in [0.1, 0.15) is 11.4 Å². The molecule has 0 spiro atoms. The topological polar surface area (TPSA) is 113 Å². The summed E-state index contributed by atoms with van der Waals surface area (Å²) in [7, 11) is 3.92. The van der Waals surface area contributed by atoms with E-state index >= 15 is 0 Å². The number of amides is 2. The first-order chi connectivity index (χ1) is 20.8. The van der Waals surface area contributed by atoms with Crippen molar-refractivity contribution in [3.63, 3.8) is 0 Å². The molecule has 1 saturated heterocycles. The van der Waals surface area contributed by atoms with E-state index in [4.69, 9.17) is 14.7 Å². The molecule has 4 aromatic rings. The molecule has 5 rings (SSSR count). The number of likely N-dealkylation sites (N-methyl/N-ethyl adjacent to an activating group) is 1. The third-order valence-corrected chi connectivity index (χ3v) is 8.67. The van der Waals surface area contributed by atoms with Gasteiger partial charge < -0.3 is 25.2 Å². The van der Waals surface area contributed by atoms with Crippen molar-refractivity contribution >= 4 is 45.9 Å². The van der Waals surface area contributed by atoms with Gasteiger partial charge in [-0.3, -0.25) is 14.6 Å². The van der Waals surface area contributed by atoms with Crippen LogP contribution in [0.2, 0.25) is 0 Å². The molecule has 4 heterocycles. The number of ether oxygens (including phenoxy) is 1. The number of nitrogens with one attached hydrogen (secondary N) is 2. The number of pyridine rings is 2. The molecule has 0 unspecified atom stereocenters. The Bertz CT molecular complexity index is 1540. The van der Waals surface area contributed by atoms with Crippen molar-refractivity contribution in [2.24, 2.45) is 0 Å². The SMILES string of the molecule is CC(=O)N1CCC(c2csc(Nc3ncc(Sc4ccnc(C(=O)NCCN(C)C)c4)cc3Oc3ccccc3)n2)CC1. The summed E-state index contributed by atoms with van der Waals surface area (Å²) in [5.74, 6) is 2.04. The first-order valence-electron chi connectivity index (χ1n) is 14.1. The number of likely N-dealkylation sites (tertiary alicyclic amines) is 1. The third kappa shape index (κ3) is 8.53. The quantitative estimate of drug-likeness (QED) is 0.221. The summed E-state index contributed by atoms with van der Waals surface area (Å²) in [6, 6.07) is 15.1. The molecule has 3 aromatic heterocycles. The Kier molecular flexibility index (Phi) is 10.2. The molecule has 0 radical (unpaired) electrons. The van der Waals surface area contributed by atoms with Gasteiger partial charge in [0.15, 0.2) is 16.7 Å². The molecule has 12 heteroatoms. The van der Waals surface area contributed by atoms with Crippen LogP contribution in [0, 0.1) is 0 Å². The average molecular weight is 618 g/mol. The summed E-state index contributed by atoms with van der Waals surface area (Å²) in [4.78, 5) is 43.7. The van der Waals surface area contributed by atoms with Crippen LogP contribution in [0.3, 0.4) is 0 Å². The fraction of sp³-hybridized carbons (Fsp3) is 0.323. The number of anilines is 2. The van der Waals surface area contributed by atoms with Crippen LogP contribution in [0.25, 0.3) is 0 Å². The smallest absolute Gasteiger partial charge is 0.269 e. The second kappa shape index (κ2) is 14.5. The number of piperidine rings is 1. The molecule has 1 fully saturated rings. The highest BCUT2D eigenvalue weighted by Crippen LogP contribution is 2.37. The number of hydrogen-bond donors (Lipinski definition) is 2. The van der Waals surface area contributed by atoms with E-state index in [2.05, 4.69) is 21.0 Å². The maximum Gasteiger partial charge on any atom is 0.269 e. The van der Waals surface area contributed by atoms with Crippen LogP contribution in [0.1, 0.15) is 41.9 Å². The number of nitrogens with zero attached hydrogens (tertiary/aromatic N) is 5. The van der Waals surface area contributed by atoms with E-state index in [0.29, 0.717) is 35.5 Å². The van der Waals surface area contributed by atoms with Crippen LogP contribution in [-0.4, -0.2) is 76.8 Å². The predicted molar refractivity (Wildman–Crippen MR) is 170 cm³/mol. The Balaban J connectivity index is 1.31. The molecule has 1 aliphatic rings. The zero-order valence-corrected chi connectivity index (χ0v) is 26.1. The fourth-order valence-corrected chi connectivity index (χ4v) is 6.24. The summed E-state index contributed by atoms with van der Waals surface area (Å²) in [6.45, 7) is 4.44. The van der Waals surface area contributed by atoms with Gasteiger partial charge in [-0.05, 0) is 51.2 Å². The second-order valence-electron chi connectivity index (χ2n) is 10.5. The molecule has 1 aliphatic heterocycles. The summed E-state index contributed by atoms with van der Waals surface area (Å²) in [5.41, 5.74) is 1.40. The van der Waals surface area contributed by atoms with Crippen molar-refractivity contribution in [2.45, 2.75) is 35.5 Å². The summed E-state index contributed by atoms with van der Waals surface area (Å²) in [5, 5.41) is 9.07. The number of benzene rings is 1. The standard InChI is InChI=1S/C31H35N7O3S2/c1-21(39)38-14-10-22(11-15-38)27-20-42-31(35-27)36-29-28(41-23-7-5-4-6-8-23)18-25(19-34-29)43-24-9-12-32-26(17-24)30(40)33-13-16-37(2)3/h4-9,12,17-20,22H,10-11,13-16H2,1-3H3,(H,33,40)(H,34,35,36). The van der Waals surface area contributed by atoms with Gasteiger partial charge in [-0.15, -0.1) is 11.3 Å². The molecule has 10 nitrogen and oxygen atoms in total. The average Bonchev–Trinajstić information content (AvgIpc) is 3.47. The number of thiazole rings is 1. The molecule has 43 heavy (non-hydrogen) atoms. The van der Waals surface area contributed by atoms with Crippen molar-refractivity contribution in [2.75, 3.05) is 45.6 Å². The van der Waals surface area contributed by atoms with Crippen LogP contribution < -0.4 is 15.4 Å². The van der Waals surface area contributed by atoms with Gasteiger partial charge in [-0.2, -0.15) is 0 Å². The second-order valence-corrected chi connectivity index (χ2v) is 12.5. The molecule has 224 valence electrons. The molecule has 1 aromatic carbocycles. The molecule has 0 saturated carbocycles. The van der Waals surface area contributed by atoms with E-state index in [-0.39, 0.29) is 11.8 Å². The number of carbonyl (C=O) groups excluding carboxylic acids is 2. The highest BCUT2D eigenvalue weighted by Gasteiger charge is 2.24. The van der Waals surface area contributed by atoms with Gasteiger partial charge in [0, 0.05) is 72.7 Å². The Morgan fingerprint density at radius 1 is 1.09 bits per heavy atom. The number of rotatable bonds is 11. The first kappa shape index (κ1) is 30.5. The van der Waals surface area contributed by atoms with Crippen molar-refractivity contribution in [3.8, 4) is 11.5 Å². The van der Waals surface area contributed by atoms with Gasteiger partial charge in [0.2, 0.25) is 5.91 Å². The minimum Gasteiger partial charge on any atom is -0.453 e. The van der Waals surface area contributed by atoms with Gasteiger partial charge in [-0.25, -0.2) is 9.97 Å². The Morgan fingerprint density at radius 2 is 1.88 bits per heavy atom. The van der Waals surface area contributed by atoms with Crippen molar-refractivity contribution in [3.05, 3.63) is 77.7 Å². The van der Waals surface area contributed by atoms with Gasteiger partial charge in [0.25, 0.3) is 5.91 Å². The minimum atomic E-state index is -0.206. The van der Waals surface area contributed by atoms with E-state index in [0.717, 1.165) is 53.1 Å². The molecular weight excluding hydrogens is 583 g/mol. The maximum atomic E-state index is 12.6. The zero-order chi connectivity index (χ0) is 30.2. The van der Waals surface area contributed by atoms with Crippen LogP contribution in [0.15, 0.2) is 76.1 Å². The van der Waals surface area contributed by atoms with E-state index in [9.17, 15) is 9.59 Å². The number of carbonyl (C=O) groups is 2. The monoisotopic (exact) mass is 617 g/mol. The summed E-state index contributed by atoms with van der Waals surface area (Å²) < 4.78 is 6.26. The lowest BCUT2D eigenvalue weighted by atomic mass is 9.94. The predicted octanol–water partition coefficient (Wildman–Crippen LogP) is 5.64. The van der Waals surface area contributed by atoms with Gasteiger partial charge >= 0.3 is 0 Å². The molecular formula is C31H35N7O3S2. The largest absolute Gasteiger partial charge is 0.453 e. The van der Waals surface area contributed by atoms with Gasteiger partial charge in [0.05, 0.1) is 5.69 Å². The van der Waals surface area contributed by atoms with Crippen LogP contribution in [0.4, 0.5) is 10.9 Å². The van der Waals surface area contributed by atoms with Gasteiger partial charge in [-0.1, -0.05) is 30.0 Å². The fourth-order valence-electron chi connectivity index (χ4n) is 4.61. The third-order valence-electron chi connectivity index (χ3n) is 6.95. The van der Waals surface area contributed by atoms with E-state index < -0.39 is 0 Å². The Labute approximate surface area is 259 Å². The summed E-state index contributed by atoms with van der Waals surface area (Å²) >= 11 is 3.00. The minimum absolute atomic E-state index is 0.128. The molecule has 0 atom stereocenters. The normalized spacial score (nSPS) is 13.6. The first-order valence-corrected chi connectivity index (χ1v) is 15.8. The number of para-hydroxylation sites is 1.